The molecule has 0 bridgehead atoms. The highest BCUT2D eigenvalue weighted by Crippen LogP contribution is 2.40. The highest BCUT2D eigenvalue weighted by Gasteiger charge is 2.35. The summed E-state index contributed by atoms with van der Waals surface area (Å²) in [5, 5.41) is 9.64. The van der Waals surface area contributed by atoms with E-state index in [-0.39, 0.29) is 38.2 Å². The van der Waals surface area contributed by atoms with Crippen LogP contribution in [-0.2, 0) is 17.8 Å². The van der Waals surface area contributed by atoms with Crippen LogP contribution in [-0.4, -0.2) is 81.9 Å². The Labute approximate surface area is 256 Å². The van der Waals surface area contributed by atoms with Gasteiger partial charge in [-0.1, -0.05) is 6.07 Å². The van der Waals surface area contributed by atoms with E-state index in [4.69, 9.17) is 19.4 Å². The smallest absolute Gasteiger partial charge is 0.412 e. The van der Waals surface area contributed by atoms with E-state index >= 15 is 0 Å². The van der Waals surface area contributed by atoms with E-state index in [2.05, 4.69) is 4.98 Å². The number of hydrogen-bond donors (Lipinski definition) is 1. The van der Waals surface area contributed by atoms with E-state index in [1.54, 1.807) is 63.2 Å². The van der Waals surface area contributed by atoms with Crippen LogP contribution < -0.4 is 19.4 Å². The number of hydrogen-bond acceptors (Lipinski definition) is 9. The summed E-state index contributed by atoms with van der Waals surface area (Å²) in [6, 6.07) is 7.17. The molecule has 5 rings (SSSR count). The van der Waals surface area contributed by atoms with Crippen LogP contribution in [0.15, 0.2) is 36.7 Å². The Morgan fingerprint density at radius 1 is 1.14 bits per heavy atom. The third-order valence-corrected chi connectivity index (χ3v) is 7.46. The first-order valence-electron chi connectivity index (χ1n) is 14.4. The molecule has 0 aromatic carbocycles. The summed E-state index contributed by atoms with van der Waals surface area (Å²) in [4.78, 5) is 58.6. The highest BCUT2D eigenvalue weighted by atomic mass is 16.6. The molecule has 3 aromatic rings. The van der Waals surface area contributed by atoms with Gasteiger partial charge in [0.2, 0.25) is 0 Å². The van der Waals surface area contributed by atoms with Gasteiger partial charge in [-0.25, -0.2) is 19.6 Å². The zero-order valence-electron chi connectivity index (χ0n) is 26.0. The number of pyridine rings is 3. The number of anilines is 3. The molecule has 0 fully saturated rings. The maximum Gasteiger partial charge on any atom is 0.412 e. The van der Waals surface area contributed by atoms with E-state index < -0.39 is 17.8 Å². The molecule has 1 N–H and O–H groups in total. The molecule has 0 radical (unpaired) electrons. The standard InChI is InChI=1S/C31H37N7O6/c1-18(2)36(7)26-13-19-21(23(34-26)17-35(6)30(42)44-31(3,4)5)16-38(28(19)39)25-10-8-9-22(33-25)20-14-32-15-24-27(20)43-12-11-37(24)29(40)41/h8-10,13-15,18H,11-12,16-17H2,1-7H3,(H,40,41). The van der Waals surface area contributed by atoms with Crippen molar-refractivity contribution in [2.24, 2.45) is 0 Å². The third-order valence-electron chi connectivity index (χ3n) is 7.46. The zero-order chi connectivity index (χ0) is 31.9. The van der Waals surface area contributed by atoms with Crippen LogP contribution in [0.25, 0.3) is 11.3 Å². The molecule has 0 saturated carbocycles. The lowest BCUT2D eigenvalue weighted by Crippen LogP contribution is -2.37. The molecule has 0 atom stereocenters. The van der Waals surface area contributed by atoms with Gasteiger partial charge in [0.1, 0.15) is 29.5 Å². The molecular weight excluding hydrogens is 566 g/mol. The molecular formula is C31H37N7O6. The van der Waals surface area contributed by atoms with Crippen LogP contribution in [0.5, 0.6) is 5.75 Å². The number of rotatable bonds is 6. The van der Waals surface area contributed by atoms with Gasteiger partial charge in [0.05, 0.1) is 48.3 Å². The quantitative estimate of drug-likeness (QED) is 0.418. The summed E-state index contributed by atoms with van der Waals surface area (Å²) < 4.78 is 11.4. The molecule has 0 saturated heterocycles. The summed E-state index contributed by atoms with van der Waals surface area (Å²) in [5.41, 5.74) is 2.46. The fourth-order valence-electron chi connectivity index (χ4n) is 4.99. The number of aromatic nitrogens is 3. The van der Waals surface area contributed by atoms with Crippen LogP contribution in [0.1, 0.15) is 56.2 Å². The number of carbonyl (C=O) groups excluding carboxylic acids is 2. The molecule has 232 valence electrons. The van der Waals surface area contributed by atoms with Crippen molar-refractivity contribution in [3.05, 3.63) is 53.5 Å². The molecule has 2 aliphatic rings. The summed E-state index contributed by atoms with van der Waals surface area (Å²) >= 11 is 0. The van der Waals surface area contributed by atoms with Gasteiger partial charge in [0.15, 0.2) is 5.75 Å². The normalized spacial score (nSPS) is 14.2. The molecule has 2 aliphatic heterocycles. The van der Waals surface area contributed by atoms with Gasteiger partial charge in [0, 0.05) is 31.9 Å². The molecule has 3 aromatic heterocycles. The first-order valence-corrected chi connectivity index (χ1v) is 14.4. The Balaban J connectivity index is 1.51. The number of ether oxygens (including phenoxy) is 2. The van der Waals surface area contributed by atoms with Gasteiger partial charge in [-0.3, -0.25) is 19.6 Å². The Hall–Kier alpha value is -4.94. The lowest BCUT2D eigenvalue weighted by Gasteiger charge is -2.28. The van der Waals surface area contributed by atoms with E-state index in [1.807, 2.05) is 25.8 Å². The summed E-state index contributed by atoms with van der Waals surface area (Å²) in [7, 11) is 3.55. The topological polar surface area (TPSA) is 142 Å². The predicted octanol–water partition coefficient (Wildman–Crippen LogP) is 4.79. The summed E-state index contributed by atoms with van der Waals surface area (Å²) in [6.45, 7) is 10.2. The van der Waals surface area contributed by atoms with Crippen molar-refractivity contribution in [3.63, 3.8) is 0 Å². The molecule has 5 heterocycles. The Morgan fingerprint density at radius 3 is 2.57 bits per heavy atom. The number of amides is 3. The van der Waals surface area contributed by atoms with E-state index in [1.165, 1.54) is 16.0 Å². The maximum atomic E-state index is 13.9. The fraction of sp³-hybridized carbons (Fsp3) is 0.419. The van der Waals surface area contributed by atoms with Crippen LogP contribution in [0, 0.1) is 0 Å². The molecule has 0 unspecified atom stereocenters. The van der Waals surface area contributed by atoms with Crippen molar-refractivity contribution in [2.45, 2.75) is 59.4 Å². The van der Waals surface area contributed by atoms with Gasteiger partial charge in [0.25, 0.3) is 5.91 Å². The minimum Gasteiger partial charge on any atom is -0.489 e. The highest BCUT2D eigenvalue weighted by molar-refractivity contribution is 6.10. The Morgan fingerprint density at radius 2 is 1.89 bits per heavy atom. The number of fused-ring (bicyclic) bond motifs is 2. The van der Waals surface area contributed by atoms with Gasteiger partial charge >= 0.3 is 12.2 Å². The lowest BCUT2D eigenvalue weighted by molar-refractivity contribution is 0.0282. The summed E-state index contributed by atoms with van der Waals surface area (Å²) in [6.07, 6.45) is 1.43. The molecule has 13 nitrogen and oxygen atoms in total. The third kappa shape index (κ3) is 5.94. The molecule has 0 aliphatic carbocycles. The second kappa shape index (κ2) is 11.6. The van der Waals surface area contributed by atoms with Crippen LogP contribution in [0.4, 0.5) is 26.9 Å². The van der Waals surface area contributed by atoms with E-state index in [0.29, 0.717) is 51.2 Å². The monoisotopic (exact) mass is 603 g/mol. The number of carboxylic acid groups (broad SMARTS) is 1. The minimum atomic E-state index is -1.10. The van der Waals surface area contributed by atoms with Crippen molar-refractivity contribution in [1.82, 2.24) is 19.9 Å². The Bertz CT molecular complexity index is 1620. The SMILES string of the molecule is CC(C)N(C)c1cc2c(c(CN(C)C(=O)OC(C)(C)C)n1)CN(c1cccc(-c3cncc4c3OCCN4C(=O)O)n1)C2=O. The van der Waals surface area contributed by atoms with Crippen molar-refractivity contribution in [3.8, 4) is 17.0 Å². The van der Waals surface area contributed by atoms with Gasteiger partial charge in [-0.15, -0.1) is 0 Å². The molecule has 3 amide bonds. The van der Waals surface area contributed by atoms with Crippen LogP contribution >= 0.6 is 0 Å². The molecule has 0 spiro atoms. The van der Waals surface area contributed by atoms with Gasteiger partial charge < -0.3 is 24.4 Å². The fourth-order valence-corrected chi connectivity index (χ4v) is 4.99. The first kappa shape index (κ1) is 30.5. The van der Waals surface area contributed by atoms with E-state index in [9.17, 15) is 19.5 Å². The predicted molar refractivity (Wildman–Crippen MR) is 164 cm³/mol. The van der Waals surface area contributed by atoms with Crippen LogP contribution in [0.3, 0.4) is 0 Å². The van der Waals surface area contributed by atoms with Crippen molar-refractivity contribution in [2.75, 3.05) is 41.9 Å². The van der Waals surface area contributed by atoms with Crippen molar-refractivity contribution < 1.29 is 29.0 Å². The molecule has 13 heteroatoms. The second-order valence-corrected chi connectivity index (χ2v) is 12.1. The summed E-state index contributed by atoms with van der Waals surface area (Å²) in [5.74, 6) is 1.14. The molecule has 44 heavy (non-hydrogen) atoms. The van der Waals surface area contributed by atoms with Gasteiger partial charge in [-0.05, 0) is 52.8 Å². The maximum absolute atomic E-state index is 13.9. The average molecular weight is 604 g/mol. The second-order valence-electron chi connectivity index (χ2n) is 12.1. The van der Waals surface area contributed by atoms with Crippen molar-refractivity contribution >= 4 is 35.4 Å². The largest absolute Gasteiger partial charge is 0.489 e. The minimum absolute atomic E-state index is 0.118. The first-order chi connectivity index (χ1) is 20.7. The number of carbonyl (C=O) groups is 3. The van der Waals surface area contributed by atoms with E-state index in [0.717, 1.165) is 0 Å². The van der Waals surface area contributed by atoms with Crippen molar-refractivity contribution in [1.29, 1.82) is 0 Å². The zero-order valence-corrected chi connectivity index (χ0v) is 26.0. The lowest BCUT2D eigenvalue weighted by atomic mass is 10.1. The van der Waals surface area contributed by atoms with Crippen LogP contribution in [0.2, 0.25) is 0 Å². The Kier molecular flexibility index (Phi) is 8.06. The van der Waals surface area contributed by atoms with Gasteiger partial charge in [-0.2, -0.15) is 0 Å². The number of nitrogens with zero attached hydrogens (tertiary/aromatic N) is 7. The average Bonchev–Trinajstić information content (AvgIpc) is 3.31.